The molecule has 0 aliphatic carbocycles. The summed E-state index contributed by atoms with van der Waals surface area (Å²) in [7, 11) is 0. The molecule has 1 aromatic rings. The number of carbonyl (C=O) groups excluding carboxylic acids is 1. The number of para-hydroxylation sites is 1. The summed E-state index contributed by atoms with van der Waals surface area (Å²) >= 11 is 0. The van der Waals surface area contributed by atoms with Crippen LogP contribution in [0, 0.1) is 13.8 Å². The van der Waals surface area contributed by atoms with Gasteiger partial charge in [-0.15, -0.1) is 0 Å². The fourth-order valence-corrected chi connectivity index (χ4v) is 1.84. The maximum atomic E-state index is 11.9. The van der Waals surface area contributed by atoms with E-state index in [1.54, 1.807) is 0 Å². The van der Waals surface area contributed by atoms with Crippen LogP contribution in [0.1, 0.15) is 27.8 Å². The van der Waals surface area contributed by atoms with Crippen LogP contribution in [-0.4, -0.2) is 68.2 Å². The molecule has 4 heteroatoms. The second kappa shape index (κ2) is 8.92. The Balaban J connectivity index is -0.000000963. The van der Waals surface area contributed by atoms with Gasteiger partial charge in [0.25, 0.3) is 0 Å². The van der Waals surface area contributed by atoms with Gasteiger partial charge < -0.3 is 8.17 Å². The number of nitrogens with zero attached hydrogens (tertiary/aromatic N) is 1. The molecule has 0 atom stereocenters. The standard InChI is InChI=1S/C14H22N2O.Ca.2H/c1-5-16(6-2)10-13(17)15-14-11(3)8-7-9-12(14)4;;;/h7-9H,5-6,10H2,1-4H3,(H,15,17);;;/q;+2;2*-1. The first-order valence-corrected chi connectivity index (χ1v) is 6.16. The van der Waals surface area contributed by atoms with E-state index in [2.05, 4.69) is 24.1 Å². The van der Waals surface area contributed by atoms with Gasteiger partial charge >= 0.3 is 37.7 Å². The van der Waals surface area contributed by atoms with E-state index in [1.165, 1.54) is 0 Å². The zero-order valence-electron chi connectivity index (χ0n) is 13.9. The Morgan fingerprint density at radius 2 is 1.72 bits per heavy atom. The number of likely N-dealkylation sites (N-methyl/N-ethyl adjacent to an activating group) is 1. The van der Waals surface area contributed by atoms with Crippen molar-refractivity contribution in [3.05, 3.63) is 29.3 Å². The average Bonchev–Trinajstić information content (AvgIpc) is 2.31. The minimum atomic E-state index is 0. The number of carbonyl (C=O) groups is 1. The van der Waals surface area contributed by atoms with Crippen molar-refractivity contribution in [1.82, 2.24) is 4.90 Å². The van der Waals surface area contributed by atoms with Gasteiger partial charge in [-0.3, -0.25) is 9.69 Å². The fourth-order valence-electron chi connectivity index (χ4n) is 1.84. The number of nitrogens with one attached hydrogen (secondary N) is 1. The largest absolute Gasteiger partial charge is 2.00 e. The first-order valence-electron chi connectivity index (χ1n) is 6.16. The van der Waals surface area contributed by atoms with Gasteiger partial charge in [0.1, 0.15) is 0 Å². The van der Waals surface area contributed by atoms with Gasteiger partial charge in [-0.05, 0) is 38.1 Å². The van der Waals surface area contributed by atoms with E-state index in [9.17, 15) is 4.79 Å². The molecule has 0 spiro atoms. The van der Waals surface area contributed by atoms with Gasteiger partial charge in [0.05, 0.1) is 6.54 Å². The molecule has 0 bridgehead atoms. The van der Waals surface area contributed by atoms with Gasteiger partial charge in [0.15, 0.2) is 0 Å². The summed E-state index contributed by atoms with van der Waals surface area (Å²) in [5.74, 6) is 0.0612. The Hall–Kier alpha value is -0.0903. The summed E-state index contributed by atoms with van der Waals surface area (Å²) in [4.78, 5) is 14.0. The molecular weight excluding hydrogens is 252 g/mol. The first kappa shape index (κ1) is 17.9. The number of hydrogen-bond acceptors (Lipinski definition) is 2. The van der Waals surface area contributed by atoms with Crippen LogP contribution >= 0.6 is 0 Å². The zero-order chi connectivity index (χ0) is 12.8. The topological polar surface area (TPSA) is 32.3 Å². The molecule has 0 aliphatic rings. The number of amides is 1. The quantitative estimate of drug-likeness (QED) is 0.838. The molecule has 3 nitrogen and oxygen atoms in total. The van der Waals surface area contributed by atoms with E-state index in [0.29, 0.717) is 6.54 Å². The van der Waals surface area contributed by atoms with E-state index in [-0.39, 0.29) is 46.5 Å². The van der Waals surface area contributed by atoms with Crippen LogP contribution in [0.4, 0.5) is 5.69 Å². The first-order chi connectivity index (χ1) is 8.08. The molecule has 0 radical (unpaired) electrons. The zero-order valence-corrected chi connectivity index (χ0v) is 14.1. The summed E-state index contributed by atoms with van der Waals surface area (Å²) in [5, 5.41) is 3.00. The number of rotatable bonds is 5. The molecule has 1 amide bonds. The van der Waals surface area contributed by atoms with Crippen LogP contribution in [0.2, 0.25) is 0 Å². The summed E-state index contributed by atoms with van der Waals surface area (Å²) < 4.78 is 0. The summed E-state index contributed by atoms with van der Waals surface area (Å²) in [6.45, 7) is 10.4. The second-order valence-corrected chi connectivity index (χ2v) is 4.28. The molecule has 0 saturated heterocycles. The maximum absolute atomic E-state index is 11.9. The Kier molecular flexibility index (Phi) is 8.87. The van der Waals surface area contributed by atoms with Gasteiger partial charge in [-0.2, -0.15) is 0 Å². The minimum Gasteiger partial charge on any atom is -1.00 e. The maximum Gasteiger partial charge on any atom is 2.00 e. The van der Waals surface area contributed by atoms with Crippen molar-refractivity contribution in [1.29, 1.82) is 0 Å². The third kappa shape index (κ3) is 5.27. The van der Waals surface area contributed by atoms with Crippen molar-refractivity contribution < 1.29 is 7.65 Å². The van der Waals surface area contributed by atoms with Crippen molar-refractivity contribution in [3.8, 4) is 0 Å². The Bertz CT molecular complexity index is 379. The van der Waals surface area contributed by atoms with Gasteiger partial charge in [0, 0.05) is 5.69 Å². The van der Waals surface area contributed by atoms with Crippen LogP contribution in [0.25, 0.3) is 0 Å². The fraction of sp³-hybridized carbons (Fsp3) is 0.500. The molecule has 1 rings (SSSR count). The number of hydrogen-bond donors (Lipinski definition) is 1. The van der Waals surface area contributed by atoms with Gasteiger partial charge in [-0.25, -0.2) is 0 Å². The van der Waals surface area contributed by atoms with Crippen LogP contribution in [0.5, 0.6) is 0 Å². The van der Waals surface area contributed by atoms with Crippen molar-refractivity contribution in [2.24, 2.45) is 0 Å². The van der Waals surface area contributed by atoms with Crippen LogP contribution in [0.15, 0.2) is 18.2 Å². The summed E-state index contributed by atoms with van der Waals surface area (Å²) in [5.41, 5.74) is 3.17. The molecule has 1 N–H and O–H groups in total. The Morgan fingerprint density at radius 3 is 2.17 bits per heavy atom. The minimum absolute atomic E-state index is 0. The molecule has 0 saturated carbocycles. The number of benzene rings is 1. The summed E-state index contributed by atoms with van der Waals surface area (Å²) in [6, 6.07) is 6.03. The van der Waals surface area contributed by atoms with Crippen LogP contribution in [-0.2, 0) is 4.79 Å². The van der Waals surface area contributed by atoms with E-state index >= 15 is 0 Å². The molecule has 0 heterocycles. The molecule has 0 aliphatic heterocycles. The molecule has 0 fully saturated rings. The predicted molar refractivity (Wildman–Crippen MR) is 80.3 cm³/mol. The van der Waals surface area contributed by atoms with Crippen molar-refractivity contribution in [2.75, 3.05) is 25.0 Å². The average molecular weight is 276 g/mol. The molecule has 1 aromatic carbocycles. The van der Waals surface area contributed by atoms with Gasteiger partial charge in [0.2, 0.25) is 5.91 Å². The second-order valence-electron chi connectivity index (χ2n) is 4.28. The molecular formula is C14H24CaN2O. The van der Waals surface area contributed by atoms with Crippen molar-refractivity contribution in [3.63, 3.8) is 0 Å². The van der Waals surface area contributed by atoms with Crippen LogP contribution in [0.3, 0.4) is 0 Å². The van der Waals surface area contributed by atoms with Crippen molar-refractivity contribution in [2.45, 2.75) is 27.7 Å². The third-order valence-electron chi connectivity index (χ3n) is 3.01. The van der Waals surface area contributed by atoms with E-state index in [0.717, 1.165) is 29.9 Å². The molecule has 0 aromatic heterocycles. The monoisotopic (exact) mass is 276 g/mol. The molecule has 18 heavy (non-hydrogen) atoms. The van der Waals surface area contributed by atoms with Gasteiger partial charge in [-0.1, -0.05) is 32.0 Å². The van der Waals surface area contributed by atoms with E-state index < -0.39 is 0 Å². The van der Waals surface area contributed by atoms with E-state index in [1.807, 2.05) is 32.0 Å². The van der Waals surface area contributed by atoms with Crippen LogP contribution < -0.4 is 5.32 Å². The normalized spacial score (nSPS) is 10.1. The smallest absolute Gasteiger partial charge is 1.00 e. The summed E-state index contributed by atoms with van der Waals surface area (Å²) in [6.07, 6.45) is 0. The Labute approximate surface area is 143 Å². The SMILES string of the molecule is CCN(CC)CC(=O)Nc1c(C)cccc1C.[Ca+2].[H-].[H-]. The Morgan fingerprint density at radius 1 is 1.22 bits per heavy atom. The molecule has 98 valence electrons. The number of aryl methyl sites for hydroxylation is 2. The van der Waals surface area contributed by atoms with Crippen molar-refractivity contribution >= 4 is 49.3 Å². The van der Waals surface area contributed by atoms with E-state index in [4.69, 9.17) is 0 Å². The predicted octanol–water partition coefficient (Wildman–Crippen LogP) is 2.43. The molecule has 0 unspecified atom stereocenters. The number of anilines is 1. The third-order valence-corrected chi connectivity index (χ3v) is 3.01.